The molecule has 7 nitrogen and oxygen atoms in total. The number of carbonyl (C=O) groups excluding carboxylic acids is 1. The third kappa shape index (κ3) is 4.87. The van der Waals surface area contributed by atoms with E-state index in [2.05, 4.69) is 11.9 Å². The van der Waals surface area contributed by atoms with Gasteiger partial charge in [-0.25, -0.2) is 4.98 Å². The van der Waals surface area contributed by atoms with E-state index in [4.69, 9.17) is 14.2 Å². The quantitative estimate of drug-likeness (QED) is 0.517. The topological polar surface area (TPSA) is 79.7 Å². The predicted molar refractivity (Wildman–Crippen MR) is 117 cm³/mol. The molecular formula is C24H26N2O5. The Morgan fingerprint density at radius 3 is 2.77 bits per heavy atom. The van der Waals surface area contributed by atoms with Crippen molar-refractivity contribution in [1.82, 2.24) is 9.55 Å². The largest absolute Gasteiger partial charge is 0.486 e. The smallest absolute Gasteiger partial charge is 0.306 e. The van der Waals surface area contributed by atoms with Crippen LogP contribution in [0.15, 0.2) is 53.3 Å². The van der Waals surface area contributed by atoms with Crippen molar-refractivity contribution in [3.63, 3.8) is 0 Å². The number of hydrogen-bond donors (Lipinski definition) is 0. The second kappa shape index (κ2) is 9.64. The van der Waals surface area contributed by atoms with E-state index in [0.717, 1.165) is 23.9 Å². The first-order valence-electron chi connectivity index (χ1n) is 10.7. The maximum atomic E-state index is 12.9. The molecule has 0 aliphatic carbocycles. The molecule has 1 atom stereocenters. The molecule has 4 rings (SSSR count). The summed E-state index contributed by atoms with van der Waals surface area (Å²) in [6.07, 6.45) is 1.85. The van der Waals surface area contributed by atoms with Gasteiger partial charge in [-0.15, -0.1) is 0 Å². The van der Waals surface area contributed by atoms with Crippen LogP contribution in [-0.4, -0.2) is 34.8 Å². The normalized spacial score (nSPS) is 15.1. The summed E-state index contributed by atoms with van der Waals surface area (Å²) in [4.78, 5) is 29.7. The molecule has 0 amide bonds. The number of hydrogen-bond acceptors (Lipinski definition) is 6. The van der Waals surface area contributed by atoms with Crippen LogP contribution in [0.25, 0.3) is 11.0 Å². The fourth-order valence-electron chi connectivity index (χ4n) is 3.57. The number of rotatable bonds is 8. The van der Waals surface area contributed by atoms with Crippen molar-refractivity contribution in [2.45, 2.75) is 45.3 Å². The molecule has 1 aliphatic rings. The van der Waals surface area contributed by atoms with E-state index in [9.17, 15) is 9.59 Å². The van der Waals surface area contributed by atoms with E-state index in [1.54, 1.807) is 4.57 Å². The second-order valence-corrected chi connectivity index (χ2v) is 7.54. The van der Waals surface area contributed by atoms with Crippen molar-refractivity contribution < 1.29 is 19.0 Å². The zero-order valence-corrected chi connectivity index (χ0v) is 17.6. The van der Waals surface area contributed by atoms with E-state index >= 15 is 0 Å². The third-order valence-corrected chi connectivity index (χ3v) is 5.22. The lowest BCUT2D eigenvalue weighted by atomic mass is 10.2. The Bertz CT molecular complexity index is 1120. The first-order valence-corrected chi connectivity index (χ1v) is 10.7. The van der Waals surface area contributed by atoms with Gasteiger partial charge in [-0.1, -0.05) is 37.6 Å². The summed E-state index contributed by atoms with van der Waals surface area (Å²) in [6, 6.07) is 15.0. The highest BCUT2D eigenvalue weighted by Gasteiger charge is 2.22. The Kier molecular flexibility index (Phi) is 6.50. The van der Waals surface area contributed by atoms with Crippen molar-refractivity contribution in [1.29, 1.82) is 0 Å². The minimum absolute atomic E-state index is 0.0819. The number of aromatic nitrogens is 2. The molecule has 162 valence electrons. The maximum Gasteiger partial charge on any atom is 0.306 e. The molecule has 1 aliphatic heterocycles. The number of unbranched alkanes of at least 4 members (excludes halogenated alkanes) is 1. The standard InChI is InChI=1S/C24H26N2O5/c1-2-3-14-26-20-9-5-4-8-18(20)25-19(24(26)28)12-13-23(27)30-16-17-15-29-21-10-6-7-11-22(21)31-17/h4-11,17H,2-3,12-16H2,1H3/t17-/m1/s1. The summed E-state index contributed by atoms with van der Waals surface area (Å²) < 4.78 is 18.5. The Morgan fingerprint density at radius 1 is 1.16 bits per heavy atom. The van der Waals surface area contributed by atoms with Crippen LogP contribution < -0.4 is 15.0 Å². The second-order valence-electron chi connectivity index (χ2n) is 7.54. The van der Waals surface area contributed by atoms with Crippen LogP contribution in [0.5, 0.6) is 11.5 Å². The highest BCUT2D eigenvalue weighted by atomic mass is 16.6. The molecule has 0 saturated heterocycles. The molecule has 0 unspecified atom stereocenters. The Labute approximate surface area is 180 Å². The van der Waals surface area contributed by atoms with Crippen LogP contribution in [0.4, 0.5) is 0 Å². The summed E-state index contributed by atoms with van der Waals surface area (Å²) in [5.74, 6) is 0.937. The third-order valence-electron chi connectivity index (χ3n) is 5.22. The fraction of sp³-hybridized carbons (Fsp3) is 0.375. The molecule has 0 fully saturated rings. The summed E-state index contributed by atoms with van der Waals surface area (Å²) >= 11 is 0. The molecule has 0 saturated carbocycles. The zero-order valence-electron chi connectivity index (χ0n) is 17.6. The Morgan fingerprint density at radius 2 is 1.94 bits per heavy atom. The van der Waals surface area contributed by atoms with Gasteiger partial charge < -0.3 is 18.8 Å². The van der Waals surface area contributed by atoms with E-state index in [-0.39, 0.29) is 31.1 Å². The van der Waals surface area contributed by atoms with Gasteiger partial charge in [0.1, 0.15) is 18.9 Å². The number of aryl methyl sites for hydroxylation is 2. The van der Waals surface area contributed by atoms with Crippen molar-refractivity contribution >= 4 is 17.0 Å². The number of ether oxygens (including phenoxy) is 3. The van der Waals surface area contributed by atoms with Crippen LogP contribution in [0, 0.1) is 0 Å². The molecule has 31 heavy (non-hydrogen) atoms. The van der Waals surface area contributed by atoms with Crippen LogP contribution in [0.3, 0.4) is 0 Å². The summed E-state index contributed by atoms with van der Waals surface area (Å²) in [6.45, 7) is 3.14. The molecule has 0 N–H and O–H groups in total. The lowest BCUT2D eigenvalue weighted by Gasteiger charge is -2.26. The van der Waals surface area contributed by atoms with Crippen LogP contribution in [0.2, 0.25) is 0 Å². The molecule has 2 heterocycles. The predicted octanol–water partition coefficient (Wildman–Crippen LogP) is 3.51. The van der Waals surface area contributed by atoms with Gasteiger partial charge >= 0.3 is 5.97 Å². The van der Waals surface area contributed by atoms with Gasteiger partial charge in [-0.2, -0.15) is 0 Å². The number of benzene rings is 2. The monoisotopic (exact) mass is 422 g/mol. The molecule has 1 aromatic heterocycles. The molecular weight excluding hydrogens is 396 g/mol. The van der Waals surface area contributed by atoms with E-state index < -0.39 is 5.97 Å². The highest BCUT2D eigenvalue weighted by molar-refractivity contribution is 5.75. The summed E-state index contributed by atoms with van der Waals surface area (Å²) in [5.41, 5.74) is 1.83. The van der Waals surface area contributed by atoms with Gasteiger partial charge in [0, 0.05) is 13.0 Å². The van der Waals surface area contributed by atoms with Gasteiger partial charge in [0.2, 0.25) is 0 Å². The lowest BCUT2D eigenvalue weighted by molar-refractivity contribution is -0.146. The van der Waals surface area contributed by atoms with Crippen LogP contribution in [0.1, 0.15) is 31.9 Å². The van der Waals surface area contributed by atoms with Crippen molar-refractivity contribution in [3.8, 4) is 11.5 Å². The van der Waals surface area contributed by atoms with Gasteiger partial charge in [0.05, 0.1) is 17.5 Å². The number of para-hydroxylation sites is 4. The molecule has 7 heteroatoms. The Balaban J connectivity index is 1.37. The SMILES string of the molecule is CCCCn1c(=O)c(CCC(=O)OC[C@H]2COc3ccccc3O2)nc2ccccc21. The number of nitrogens with zero attached hydrogens (tertiary/aromatic N) is 2. The summed E-state index contributed by atoms with van der Waals surface area (Å²) in [5, 5.41) is 0. The first-order chi connectivity index (χ1) is 15.2. The van der Waals surface area contributed by atoms with Crippen molar-refractivity contribution in [2.24, 2.45) is 0 Å². The average molecular weight is 422 g/mol. The van der Waals surface area contributed by atoms with Gasteiger partial charge in [0.15, 0.2) is 17.6 Å². The molecule has 0 spiro atoms. The van der Waals surface area contributed by atoms with E-state index in [0.29, 0.717) is 30.3 Å². The van der Waals surface area contributed by atoms with E-state index in [1.807, 2.05) is 48.5 Å². The zero-order chi connectivity index (χ0) is 21.6. The molecule has 2 aromatic carbocycles. The molecule has 0 radical (unpaired) electrons. The van der Waals surface area contributed by atoms with Crippen molar-refractivity contribution in [2.75, 3.05) is 13.2 Å². The highest BCUT2D eigenvalue weighted by Crippen LogP contribution is 2.30. The number of carbonyl (C=O) groups is 1. The number of esters is 1. The minimum atomic E-state index is -0.392. The van der Waals surface area contributed by atoms with Gasteiger partial charge in [-0.3, -0.25) is 9.59 Å². The van der Waals surface area contributed by atoms with E-state index in [1.165, 1.54) is 0 Å². The van der Waals surface area contributed by atoms with Crippen LogP contribution in [-0.2, 0) is 22.5 Å². The maximum absolute atomic E-state index is 12.9. The summed E-state index contributed by atoms with van der Waals surface area (Å²) in [7, 11) is 0. The average Bonchev–Trinajstić information content (AvgIpc) is 2.81. The number of fused-ring (bicyclic) bond motifs is 2. The van der Waals surface area contributed by atoms with Gasteiger partial charge in [0.25, 0.3) is 5.56 Å². The molecule has 0 bridgehead atoms. The van der Waals surface area contributed by atoms with Crippen molar-refractivity contribution in [3.05, 3.63) is 64.6 Å². The van der Waals surface area contributed by atoms with Crippen LogP contribution >= 0.6 is 0 Å². The lowest BCUT2D eigenvalue weighted by Crippen LogP contribution is -2.34. The first kappa shape index (κ1) is 20.9. The van der Waals surface area contributed by atoms with Gasteiger partial charge in [-0.05, 0) is 30.7 Å². The molecule has 3 aromatic rings. The minimum Gasteiger partial charge on any atom is -0.486 e. The Hall–Kier alpha value is -3.35. The fourth-order valence-corrected chi connectivity index (χ4v) is 3.57.